The van der Waals surface area contributed by atoms with E-state index in [1.54, 1.807) is 18.6 Å². The molecular formula is C16H13NO3S. The van der Waals surface area contributed by atoms with Crippen LogP contribution in [-0.4, -0.2) is 11.0 Å². The molecule has 3 rings (SSSR count). The van der Waals surface area contributed by atoms with Crippen LogP contribution in [0.2, 0.25) is 0 Å². The molecule has 0 N–H and O–H groups in total. The summed E-state index contributed by atoms with van der Waals surface area (Å²) in [5, 5.41) is 0.823. The van der Waals surface area contributed by atoms with Gasteiger partial charge in [0.2, 0.25) is 0 Å². The number of hydrogen-bond donors (Lipinski definition) is 0. The van der Waals surface area contributed by atoms with Crippen molar-refractivity contribution in [3.63, 3.8) is 0 Å². The van der Waals surface area contributed by atoms with E-state index in [1.807, 2.05) is 37.3 Å². The Labute approximate surface area is 126 Å². The number of ether oxygens (including phenoxy) is 1. The topological polar surface area (TPSA) is 52.3 Å². The fourth-order valence-electron chi connectivity index (χ4n) is 1.88. The number of carbonyl (C=O) groups is 1. The third-order valence-electron chi connectivity index (χ3n) is 2.95. The largest absolute Gasteiger partial charge is 0.472 e. The molecule has 2 heterocycles. The van der Waals surface area contributed by atoms with Crippen LogP contribution in [0.1, 0.15) is 20.9 Å². The molecule has 5 heteroatoms. The van der Waals surface area contributed by atoms with Gasteiger partial charge in [-0.05, 0) is 13.0 Å². The number of carbonyl (C=O) groups excluding carboxylic acids is 1. The summed E-state index contributed by atoms with van der Waals surface area (Å²) in [4.78, 5) is 17.1. The normalized spacial score (nSPS) is 10.5. The van der Waals surface area contributed by atoms with Crippen LogP contribution in [0.3, 0.4) is 0 Å². The summed E-state index contributed by atoms with van der Waals surface area (Å²) in [6.07, 6.45) is 3.11. The fourth-order valence-corrected chi connectivity index (χ4v) is 2.84. The van der Waals surface area contributed by atoms with Crippen LogP contribution in [0.15, 0.2) is 53.3 Å². The summed E-state index contributed by atoms with van der Waals surface area (Å²) in [7, 11) is 0. The highest BCUT2D eigenvalue weighted by Crippen LogP contribution is 2.28. The van der Waals surface area contributed by atoms with E-state index >= 15 is 0 Å². The van der Waals surface area contributed by atoms with Crippen LogP contribution in [0.5, 0.6) is 0 Å². The molecule has 0 bridgehead atoms. The van der Waals surface area contributed by atoms with Crippen molar-refractivity contribution in [1.29, 1.82) is 0 Å². The van der Waals surface area contributed by atoms with Gasteiger partial charge in [-0.1, -0.05) is 30.3 Å². The number of benzene rings is 1. The molecule has 0 amide bonds. The van der Waals surface area contributed by atoms with Crippen LogP contribution in [0.25, 0.3) is 10.6 Å². The van der Waals surface area contributed by atoms with Crippen molar-refractivity contribution in [2.75, 3.05) is 0 Å². The first-order valence-corrected chi connectivity index (χ1v) is 7.27. The summed E-state index contributed by atoms with van der Waals surface area (Å²) < 4.78 is 10.2. The average Bonchev–Trinajstić information content (AvgIpc) is 3.15. The highest BCUT2D eigenvalue weighted by Gasteiger charge is 2.17. The zero-order chi connectivity index (χ0) is 14.7. The number of rotatable bonds is 4. The lowest BCUT2D eigenvalue weighted by molar-refractivity contribution is 0.0477. The van der Waals surface area contributed by atoms with Crippen LogP contribution < -0.4 is 0 Å². The molecular weight excluding hydrogens is 286 g/mol. The van der Waals surface area contributed by atoms with E-state index in [0.717, 1.165) is 16.1 Å². The van der Waals surface area contributed by atoms with Crippen molar-refractivity contribution in [3.05, 3.63) is 65.1 Å². The second-order valence-corrected chi connectivity index (χ2v) is 5.51. The lowest BCUT2D eigenvalue weighted by Crippen LogP contribution is -2.04. The van der Waals surface area contributed by atoms with Crippen molar-refractivity contribution >= 4 is 17.3 Å². The molecule has 0 spiro atoms. The summed E-state index contributed by atoms with van der Waals surface area (Å²) in [6.45, 7) is 2.02. The quantitative estimate of drug-likeness (QED) is 0.681. The summed E-state index contributed by atoms with van der Waals surface area (Å²) in [5.74, 6) is -0.353. The number of aryl methyl sites for hydroxylation is 1. The summed E-state index contributed by atoms with van der Waals surface area (Å²) >= 11 is 1.35. The summed E-state index contributed by atoms with van der Waals surface area (Å²) in [6, 6.07) is 11.6. The Morgan fingerprint density at radius 1 is 1.29 bits per heavy atom. The minimum absolute atomic E-state index is 0.202. The van der Waals surface area contributed by atoms with Gasteiger partial charge in [0.15, 0.2) is 0 Å². The highest BCUT2D eigenvalue weighted by molar-refractivity contribution is 7.17. The molecule has 2 aromatic heterocycles. The van der Waals surface area contributed by atoms with Gasteiger partial charge < -0.3 is 9.15 Å². The molecule has 0 unspecified atom stereocenters. The number of aromatic nitrogens is 1. The first-order chi connectivity index (χ1) is 10.2. The van der Waals surface area contributed by atoms with Crippen molar-refractivity contribution in [2.24, 2.45) is 0 Å². The molecule has 106 valence electrons. The van der Waals surface area contributed by atoms with Gasteiger partial charge in [-0.3, -0.25) is 0 Å². The molecule has 1 aromatic carbocycles. The van der Waals surface area contributed by atoms with Gasteiger partial charge >= 0.3 is 5.97 Å². The van der Waals surface area contributed by atoms with Gasteiger partial charge in [0.05, 0.1) is 18.2 Å². The first kappa shape index (κ1) is 13.6. The Morgan fingerprint density at radius 2 is 2.10 bits per heavy atom. The standard InChI is InChI=1S/C16H13NO3S/c1-11-14(16(18)20-10-12-7-8-19-9-12)21-15(17-11)13-5-3-2-4-6-13/h2-9H,10H2,1H3. The number of esters is 1. The molecule has 4 nitrogen and oxygen atoms in total. The minimum Gasteiger partial charge on any atom is -0.472 e. The predicted octanol–water partition coefficient (Wildman–Crippen LogP) is 4.07. The van der Waals surface area contributed by atoms with Crippen LogP contribution >= 0.6 is 11.3 Å². The third-order valence-corrected chi connectivity index (χ3v) is 4.14. The third kappa shape index (κ3) is 3.03. The lowest BCUT2D eigenvalue weighted by atomic mass is 10.2. The van der Waals surface area contributed by atoms with E-state index in [4.69, 9.17) is 9.15 Å². The van der Waals surface area contributed by atoms with E-state index < -0.39 is 0 Å². The van der Waals surface area contributed by atoms with Crippen molar-refractivity contribution < 1.29 is 13.9 Å². The van der Waals surface area contributed by atoms with Gasteiger partial charge in [0, 0.05) is 11.1 Å². The van der Waals surface area contributed by atoms with E-state index in [2.05, 4.69) is 4.98 Å². The molecule has 0 saturated carbocycles. The van der Waals surface area contributed by atoms with E-state index in [0.29, 0.717) is 10.6 Å². The number of nitrogens with zero attached hydrogens (tertiary/aromatic N) is 1. The minimum atomic E-state index is -0.353. The smallest absolute Gasteiger partial charge is 0.350 e. The Balaban J connectivity index is 1.76. The Bertz CT molecular complexity index is 732. The molecule has 0 fully saturated rings. The van der Waals surface area contributed by atoms with Gasteiger partial charge in [0.25, 0.3) is 0 Å². The fraction of sp³-hybridized carbons (Fsp3) is 0.125. The maximum atomic E-state index is 12.1. The van der Waals surface area contributed by atoms with Gasteiger partial charge in [-0.25, -0.2) is 9.78 Å². The lowest BCUT2D eigenvalue weighted by Gasteiger charge is -2.00. The number of hydrogen-bond acceptors (Lipinski definition) is 5. The zero-order valence-corrected chi connectivity index (χ0v) is 12.2. The van der Waals surface area contributed by atoms with Crippen LogP contribution in [0.4, 0.5) is 0 Å². The van der Waals surface area contributed by atoms with E-state index in [-0.39, 0.29) is 12.6 Å². The Hall–Kier alpha value is -2.40. The van der Waals surface area contributed by atoms with Crippen LogP contribution in [-0.2, 0) is 11.3 Å². The average molecular weight is 299 g/mol. The van der Waals surface area contributed by atoms with E-state index in [1.165, 1.54) is 11.3 Å². The SMILES string of the molecule is Cc1nc(-c2ccccc2)sc1C(=O)OCc1ccoc1. The van der Waals surface area contributed by atoms with Gasteiger partial charge in [0.1, 0.15) is 16.5 Å². The molecule has 0 saturated heterocycles. The molecule has 0 aliphatic rings. The Morgan fingerprint density at radius 3 is 2.81 bits per heavy atom. The zero-order valence-electron chi connectivity index (χ0n) is 11.4. The maximum absolute atomic E-state index is 12.1. The van der Waals surface area contributed by atoms with Crippen LogP contribution in [0, 0.1) is 6.92 Å². The second-order valence-electron chi connectivity index (χ2n) is 4.51. The summed E-state index contributed by atoms with van der Waals surface area (Å²) in [5.41, 5.74) is 2.52. The number of furan rings is 1. The molecule has 0 atom stereocenters. The number of thiazole rings is 1. The monoisotopic (exact) mass is 299 g/mol. The van der Waals surface area contributed by atoms with E-state index in [9.17, 15) is 4.79 Å². The predicted molar refractivity (Wildman–Crippen MR) is 80.1 cm³/mol. The van der Waals surface area contributed by atoms with Crippen molar-refractivity contribution in [2.45, 2.75) is 13.5 Å². The molecule has 0 radical (unpaired) electrons. The molecule has 21 heavy (non-hydrogen) atoms. The van der Waals surface area contributed by atoms with Crippen molar-refractivity contribution in [1.82, 2.24) is 4.98 Å². The second kappa shape index (κ2) is 5.93. The molecule has 3 aromatic rings. The van der Waals surface area contributed by atoms with Crippen molar-refractivity contribution in [3.8, 4) is 10.6 Å². The first-order valence-electron chi connectivity index (χ1n) is 6.45. The van der Waals surface area contributed by atoms with Gasteiger partial charge in [-0.2, -0.15) is 0 Å². The Kier molecular flexibility index (Phi) is 3.83. The highest BCUT2D eigenvalue weighted by atomic mass is 32.1. The van der Waals surface area contributed by atoms with Gasteiger partial charge in [-0.15, -0.1) is 11.3 Å². The molecule has 0 aliphatic carbocycles. The molecule has 0 aliphatic heterocycles. The maximum Gasteiger partial charge on any atom is 0.350 e.